The minimum absolute atomic E-state index is 0.0609. The number of esters is 1. The van der Waals surface area contributed by atoms with E-state index < -0.39 is 8.07 Å². The van der Waals surface area contributed by atoms with Gasteiger partial charge in [0.2, 0.25) is 11.9 Å². The number of fused-ring (bicyclic) bond motifs is 1. The third-order valence-corrected chi connectivity index (χ3v) is 9.61. The summed E-state index contributed by atoms with van der Waals surface area (Å²) in [5.41, 5.74) is 6.38. The summed E-state index contributed by atoms with van der Waals surface area (Å²) in [5, 5.41) is 15.9. The number of ether oxygens (including phenoxy) is 2. The summed E-state index contributed by atoms with van der Waals surface area (Å²) < 4.78 is 13.7. The molecule has 0 fully saturated rings. The highest BCUT2D eigenvalue weighted by Crippen LogP contribution is 2.34. The van der Waals surface area contributed by atoms with E-state index in [9.17, 15) is 14.7 Å². The Morgan fingerprint density at radius 1 is 1.00 bits per heavy atom. The minimum Gasteiger partial charge on any atom is -0.466 e. The molecular formula is C37H50N4O5Si. The number of aliphatic hydroxyl groups excluding tert-OH is 1. The molecule has 9 nitrogen and oxygen atoms in total. The third kappa shape index (κ3) is 10.2. The van der Waals surface area contributed by atoms with Gasteiger partial charge in [0.25, 0.3) is 0 Å². The van der Waals surface area contributed by atoms with E-state index in [1.54, 1.807) is 6.92 Å². The molecule has 0 bridgehead atoms. The van der Waals surface area contributed by atoms with Crippen LogP contribution in [-0.4, -0.2) is 54.4 Å². The van der Waals surface area contributed by atoms with Gasteiger partial charge in [0.05, 0.1) is 30.5 Å². The van der Waals surface area contributed by atoms with Gasteiger partial charge in [-0.15, -0.1) is 0 Å². The molecule has 3 N–H and O–H groups in total. The number of hydrogen-bond donors (Lipinski definition) is 3. The molecular weight excluding hydrogens is 609 g/mol. The van der Waals surface area contributed by atoms with Crippen LogP contribution in [0, 0.1) is 6.92 Å². The molecule has 1 heterocycles. The zero-order chi connectivity index (χ0) is 34.0. The number of para-hydroxylation sites is 1. The second-order valence-electron chi connectivity index (χ2n) is 13.2. The fraction of sp³-hybridized carbons (Fsp3) is 0.432. The zero-order valence-corrected chi connectivity index (χ0v) is 29.6. The Morgan fingerprint density at radius 2 is 1.74 bits per heavy atom. The van der Waals surface area contributed by atoms with Crippen LogP contribution < -0.4 is 10.6 Å². The summed E-state index contributed by atoms with van der Waals surface area (Å²) in [4.78, 5) is 30.4. The van der Waals surface area contributed by atoms with Gasteiger partial charge in [-0.1, -0.05) is 56.0 Å². The van der Waals surface area contributed by atoms with Crippen molar-refractivity contribution in [1.29, 1.82) is 0 Å². The standard InChI is InChI=1S/C37H50N4O5Si/c1-7-45-35(25-47(4,5)6)41-33-22-27(15-20-32(33)40-37(41)39-31-14-10-9-12-26(31)3)23-34(43)38-30-18-16-28(17-19-30)29(13-11-21-42)24-36(44)46-8-2/h9-10,12,14-20,22,29,35,42H,7-8,11,13,21,23-25H2,1-6H3,(H,38,43)(H,39,40). The molecule has 2 atom stereocenters. The molecule has 0 aliphatic rings. The highest BCUT2D eigenvalue weighted by Gasteiger charge is 2.27. The third-order valence-electron chi connectivity index (χ3n) is 8.04. The van der Waals surface area contributed by atoms with Crippen LogP contribution in [0.4, 0.5) is 17.3 Å². The lowest BCUT2D eigenvalue weighted by Crippen LogP contribution is -2.28. The fourth-order valence-electron chi connectivity index (χ4n) is 5.78. The molecule has 1 amide bonds. The Bertz CT molecular complexity index is 1630. The summed E-state index contributed by atoms with van der Waals surface area (Å²) in [6.45, 7) is 13.9. The van der Waals surface area contributed by atoms with Crippen LogP contribution in [0.15, 0.2) is 66.7 Å². The molecule has 252 valence electrons. The maximum atomic E-state index is 13.2. The maximum Gasteiger partial charge on any atom is 0.306 e. The quantitative estimate of drug-likeness (QED) is 0.0779. The van der Waals surface area contributed by atoms with Gasteiger partial charge in [-0.25, -0.2) is 4.98 Å². The van der Waals surface area contributed by atoms with E-state index in [2.05, 4.69) is 47.8 Å². The molecule has 4 rings (SSSR count). The van der Waals surface area contributed by atoms with Crippen molar-refractivity contribution >= 4 is 48.3 Å². The number of nitrogens with zero attached hydrogens (tertiary/aromatic N) is 2. The van der Waals surface area contributed by atoms with Gasteiger partial charge in [0.1, 0.15) is 6.23 Å². The average Bonchev–Trinajstić information content (AvgIpc) is 3.37. The van der Waals surface area contributed by atoms with Gasteiger partial charge in [-0.3, -0.25) is 14.2 Å². The first-order valence-corrected chi connectivity index (χ1v) is 20.3. The lowest BCUT2D eigenvalue weighted by molar-refractivity contribution is -0.143. The summed E-state index contributed by atoms with van der Waals surface area (Å²) >= 11 is 0. The maximum absolute atomic E-state index is 13.2. The summed E-state index contributed by atoms with van der Waals surface area (Å²) in [6, 6.07) is 22.6. The van der Waals surface area contributed by atoms with Crippen LogP contribution in [0.2, 0.25) is 25.7 Å². The largest absolute Gasteiger partial charge is 0.466 e. The Morgan fingerprint density at radius 3 is 2.40 bits per heavy atom. The lowest BCUT2D eigenvalue weighted by atomic mass is 9.91. The van der Waals surface area contributed by atoms with E-state index in [0.717, 1.165) is 39.5 Å². The number of anilines is 3. The normalized spacial score (nSPS) is 12.9. The first-order chi connectivity index (χ1) is 22.5. The van der Waals surface area contributed by atoms with Crippen molar-refractivity contribution in [1.82, 2.24) is 9.55 Å². The number of amides is 1. The number of aromatic nitrogens is 2. The zero-order valence-electron chi connectivity index (χ0n) is 28.6. The molecule has 0 aliphatic carbocycles. The molecule has 3 aromatic carbocycles. The van der Waals surface area contributed by atoms with E-state index in [0.29, 0.717) is 37.7 Å². The Labute approximate surface area is 279 Å². The molecule has 0 aliphatic heterocycles. The topological polar surface area (TPSA) is 115 Å². The summed E-state index contributed by atoms with van der Waals surface area (Å²) in [5.74, 6) is 0.271. The number of nitrogens with one attached hydrogen (secondary N) is 2. The van der Waals surface area contributed by atoms with Gasteiger partial charge in [-0.2, -0.15) is 0 Å². The Hall–Kier alpha value is -3.99. The van der Waals surface area contributed by atoms with Crippen molar-refractivity contribution < 1.29 is 24.2 Å². The van der Waals surface area contributed by atoms with Crippen molar-refractivity contribution in [3.63, 3.8) is 0 Å². The van der Waals surface area contributed by atoms with Gasteiger partial charge < -0.3 is 25.2 Å². The molecule has 0 radical (unpaired) electrons. The van der Waals surface area contributed by atoms with E-state index in [1.165, 1.54) is 0 Å². The Balaban J connectivity index is 1.57. The van der Waals surface area contributed by atoms with Crippen molar-refractivity contribution in [2.75, 3.05) is 30.5 Å². The number of carbonyl (C=O) groups is 2. The highest BCUT2D eigenvalue weighted by atomic mass is 28.3. The predicted octanol–water partition coefficient (Wildman–Crippen LogP) is 7.95. The number of rotatable bonds is 17. The molecule has 2 unspecified atom stereocenters. The molecule has 10 heteroatoms. The number of benzene rings is 3. The van der Waals surface area contributed by atoms with E-state index >= 15 is 0 Å². The molecule has 0 saturated heterocycles. The Kier molecular flexibility index (Phi) is 12.8. The second kappa shape index (κ2) is 16.7. The van der Waals surface area contributed by atoms with Gasteiger partial charge >= 0.3 is 5.97 Å². The monoisotopic (exact) mass is 658 g/mol. The van der Waals surface area contributed by atoms with Crippen LogP contribution in [0.3, 0.4) is 0 Å². The van der Waals surface area contributed by atoms with E-state index in [-0.39, 0.29) is 43.5 Å². The van der Waals surface area contributed by atoms with Gasteiger partial charge in [-0.05, 0) is 92.6 Å². The SMILES string of the molecule is CCOC(=O)CC(CCCO)c1ccc(NC(=O)Cc2ccc3nc(Nc4ccccc4C)n(C(C[Si](C)(C)C)OCC)c3c2)cc1. The number of aliphatic hydroxyl groups is 1. The predicted molar refractivity (Wildman–Crippen MR) is 192 cm³/mol. The fourth-order valence-corrected chi connectivity index (χ4v) is 7.13. The second-order valence-corrected chi connectivity index (χ2v) is 18.7. The first-order valence-electron chi connectivity index (χ1n) is 16.6. The number of aryl methyl sites for hydroxylation is 1. The molecule has 0 saturated carbocycles. The summed E-state index contributed by atoms with van der Waals surface area (Å²) in [7, 11) is -1.54. The van der Waals surface area contributed by atoms with Crippen molar-refractivity contribution in [2.45, 2.75) is 84.3 Å². The number of imidazole rings is 1. The van der Waals surface area contributed by atoms with Gasteiger partial charge in [0.15, 0.2) is 0 Å². The average molecular weight is 659 g/mol. The molecule has 47 heavy (non-hydrogen) atoms. The van der Waals surface area contributed by atoms with Crippen LogP contribution in [0.1, 0.15) is 61.9 Å². The lowest BCUT2D eigenvalue weighted by Gasteiger charge is -2.27. The van der Waals surface area contributed by atoms with Crippen LogP contribution in [0.25, 0.3) is 11.0 Å². The number of hydrogen-bond acceptors (Lipinski definition) is 7. The molecule has 4 aromatic rings. The van der Waals surface area contributed by atoms with E-state index in [4.69, 9.17) is 14.5 Å². The number of carbonyl (C=O) groups excluding carboxylic acids is 2. The molecule has 0 spiro atoms. The summed E-state index contributed by atoms with van der Waals surface area (Å²) in [6.07, 6.45) is 1.51. The first kappa shape index (κ1) is 35.9. The molecule has 1 aromatic heterocycles. The smallest absolute Gasteiger partial charge is 0.306 e. The van der Waals surface area contributed by atoms with Crippen molar-refractivity contribution in [3.8, 4) is 0 Å². The van der Waals surface area contributed by atoms with E-state index in [1.807, 2.05) is 67.6 Å². The minimum atomic E-state index is -1.54. The van der Waals surface area contributed by atoms with Crippen LogP contribution >= 0.6 is 0 Å². The van der Waals surface area contributed by atoms with Crippen molar-refractivity contribution in [3.05, 3.63) is 83.4 Å². The highest BCUT2D eigenvalue weighted by molar-refractivity contribution is 6.76. The van der Waals surface area contributed by atoms with Crippen LogP contribution in [-0.2, 0) is 25.5 Å². The van der Waals surface area contributed by atoms with Crippen LogP contribution in [0.5, 0.6) is 0 Å². The van der Waals surface area contributed by atoms with Crippen molar-refractivity contribution in [2.24, 2.45) is 0 Å². The van der Waals surface area contributed by atoms with Gasteiger partial charge in [0, 0.05) is 32.7 Å².